The van der Waals surface area contributed by atoms with Gasteiger partial charge in [-0.15, -0.1) is 5.10 Å². The van der Waals surface area contributed by atoms with Crippen molar-refractivity contribution in [2.45, 2.75) is 39.5 Å². The molecule has 0 bridgehead atoms. The van der Waals surface area contributed by atoms with Gasteiger partial charge >= 0.3 is 6.61 Å². The Hall–Kier alpha value is -3.96. The molecule has 1 amide bonds. The molecule has 0 aliphatic carbocycles. The maximum Gasteiger partial charge on any atom is 0.388 e. The molecule has 178 valence electrons. The molecule has 0 aromatic carbocycles. The van der Waals surface area contributed by atoms with E-state index in [0.717, 1.165) is 11.1 Å². The van der Waals surface area contributed by atoms with Gasteiger partial charge in [0.2, 0.25) is 17.7 Å². The summed E-state index contributed by atoms with van der Waals surface area (Å²) in [7, 11) is 1.64. The standard InChI is InChI=1S/C22H23F2N7O3/c1-4-15-17(21-31(28-15)8-12(10-33-21)26-11(2)32)18-16(13-6-5-7-25-19(13)27-18)14-9-30(3)29-20(14)34-22(23)24/h5-7,9,12,22H,4,8,10H2,1-3H3,(H,25,27)(H,26,32)/t12-/m0/s1. The second kappa shape index (κ2) is 8.43. The number of H-pyrrole nitrogens is 1. The molecule has 0 unspecified atom stereocenters. The van der Waals surface area contributed by atoms with E-state index < -0.39 is 6.61 Å². The fourth-order valence-corrected chi connectivity index (χ4v) is 4.38. The van der Waals surface area contributed by atoms with E-state index in [0.29, 0.717) is 46.9 Å². The minimum atomic E-state index is -3.02. The van der Waals surface area contributed by atoms with Gasteiger partial charge in [0.15, 0.2) is 0 Å². The topological polar surface area (TPSA) is 112 Å². The molecule has 0 fully saturated rings. The molecule has 1 aliphatic rings. The second-order valence-electron chi connectivity index (χ2n) is 8.05. The van der Waals surface area contributed by atoms with Crippen LogP contribution in [0.1, 0.15) is 19.5 Å². The lowest BCUT2D eigenvalue weighted by molar-refractivity contribution is -0.120. The summed E-state index contributed by atoms with van der Waals surface area (Å²) >= 11 is 0. The van der Waals surface area contributed by atoms with Crippen molar-refractivity contribution in [1.82, 2.24) is 34.8 Å². The SMILES string of the molecule is CCc1nn2c(c1-c1[nH]c3ncccc3c1-c1cn(C)nc1OC(F)F)OC[C@@H](NC(C)=O)C2. The monoisotopic (exact) mass is 471 g/mol. The van der Waals surface area contributed by atoms with Crippen LogP contribution in [0.15, 0.2) is 24.5 Å². The zero-order valence-electron chi connectivity index (χ0n) is 18.8. The van der Waals surface area contributed by atoms with Crippen LogP contribution in [-0.2, 0) is 24.8 Å². The Bertz CT molecular complexity index is 1370. The summed E-state index contributed by atoms with van der Waals surface area (Å²) in [5.74, 6) is 0.202. The van der Waals surface area contributed by atoms with Crippen molar-refractivity contribution in [2.75, 3.05) is 6.61 Å². The second-order valence-corrected chi connectivity index (χ2v) is 8.05. The Balaban J connectivity index is 1.72. The average molecular weight is 471 g/mol. The number of nitrogens with zero attached hydrogens (tertiary/aromatic N) is 5. The number of amides is 1. The van der Waals surface area contributed by atoms with Gasteiger partial charge in [0.25, 0.3) is 0 Å². The van der Waals surface area contributed by atoms with Crippen LogP contribution in [0.2, 0.25) is 0 Å². The maximum absolute atomic E-state index is 13.2. The molecule has 1 aliphatic heterocycles. The van der Waals surface area contributed by atoms with Crippen molar-refractivity contribution in [3.63, 3.8) is 0 Å². The third-order valence-electron chi connectivity index (χ3n) is 5.62. The number of hydrogen-bond acceptors (Lipinski definition) is 6. The molecule has 12 heteroatoms. The summed E-state index contributed by atoms with van der Waals surface area (Å²) < 4.78 is 40.3. The third-order valence-corrected chi connectivity index (χ3v) is 5.62. The van der Waals surface area contributed by atoms with E-state index in [-0.39, 0.29) is 24.4 Å². The van der Waals surface area contributed by atoms with Gasteiger partial charge in [-0.25, -0.2) is 9.67 Å². The van der Waals surface area contributed by atoms with Gasteiger partial charge < -0.3 is 19.8 Å². The first-order chi connectivity index (χ1) is 16.4. The van der Waals surface area contributed by atoms with Gasteiger partial charge in [0.05, 0.1) is 35.1 Å². The normalized spacial score (nSPS) is 15.4. The molecule has 5 heterocycles. The summed E-state index contributed by atoms with van der Waals surface area (Å²) in [5, 5.41) is 12.4. The van der Waals surface area contributed by atoms with Crippen LogP contribution >= 0.6 is 0 Å². The molecule has 0 saturated carbocycles. The van der Waals surface area contributed by atoms with E-state index in [1.165, 1.54) is 11.6 Å². The van der Waals surface area contributed by atoms with Crippen LogP contribution in [0.25, 0.3) is 33.4 Å². The fourth-order valence-electron chi connectivity index (χ4n) is 4.38. The molecule has 1 atom stereocenters. The number of aromatic nitrogens is 6. The number of nitrogens with one attached hydrogen (secondary N) is 2. The summed E-state index contributed by atoms with van der Waals surface area (Å²) in [5.41, 5.74) is 3.68. The Labute approximate surface area is 192 Å². The van der Waals surface area contributed by atoms with E-state index >= 15 is 0 Å². The number of pyridine rings is 1. The molecular weight excluding hydrogens is 448 g/mol. The highest BCUT2D eigenvalue weighted by Crippen LogP contribution is 2.46. The summed E-state index contributed by atoms with van der Waals surface area (Å²) in [6.45, 7) is 1.13. The van der Waals surface area contributed by atoms with Crippen molar-refractivity contribution >= 4 is 16.9 Å². The van der Waals surface area contributed by atoms with Crippen LogP contribution < -0.4 is 14.8 Å². The molecule has 5 rings (SSSR count). The van der Waals surface area contributed by atoms with E-state index in [1.54, 1.807) is 30.2 Å². The third kappa shape index (κ3) is 3.74. The van der Waals surface area contributed by atoms with Crippen molar-refractivity contribution in [2.24, 2.45) is 7.05 Å². The average Bonchev–Trinajstić information content (AvgIpc) is 3.44. The van der Waals surface area contributed by atoms with Crippen LogP contribution in [0, 0.1) is 0 Å². The Morgan fingerprint density at radius 3 is 2.94 bits per heavy atom. The number of rotatable bonds is 6. The number of fused-ring (bicyclic) bond motifs is 2. The quantitative estimate of drug-likeness (QED) is 0.447. The molecule has 2 N–H and O–H groups in total. The molecule has 0 radical (unpaired) electrons. The number of aryl methyl sites for hydroxylation is 2. The molecule has 0 saturated heterocycles. The molecule has 34 heavy (non-hydrogen) atoms. The first-order valence-electron chi connectivity index (χ1n) is 10.8. The highest BCUT2D eigenvalue weighted by molar-refractivity contribution is 6.04. The van der Waals surface area contributed by atoms with Gasteiger partial charge in [-0.05, 0) is 18.6 Å². The van der Waals surface area contributed by atoms with Crippen molar-refractivity contribution in [3.8, 4) is 34.1 Å². The lowest BCUT2D eigenvalue weighted by Gasteiger charge is -2.25. The van der Waals surface area contributed by atoms with Gasteiger partial charge in [-0.3, -0.25) is 9.48 Å². The van der Waals surface area contributed by atoms with Gasteiger partial charge in [0.1, 0.15) is 12.3 Å². The Morgan fingerprint density at radius 1 is 1.38 bits per heavy atom. The summed E-state index contributed by atoms with van der Waals surface area (Å²) in [6.07, 6.45) is 3.88. The highest BCUT2D eigenvalue weighted by atomic mass is 19.3. The predicted molar refractivity (Wildman–Crippen MR) is 119 cm³/mol. The summed E-state index contributed by atoms with van der Waals surface area (Å²) in [4.78, 5) is 19.3. The predicted octanol–water partition coefficient (Wildman–Crippen LogP) is 2.89. The zero-order valence-corrected chi connectivity index (χ0v) is 18.8. The lowest BCUT2D eigenvalue weighted by atomic mass is 10.00. The Morgan fingerprint density at radius 2 is 2.21 bits per heavy atom. The Kier molecular flexibility index (Phi) is 5.42. The van der Waals surface area contributed by atoms with E-state index in [4.69, 9.17) is 14.6 Å². The zero-order chi connectivity index (χ0) is 24.0. The molecule has 10 nitrogen and oxygen atoms in total. The molecule has 4 aromatic heterocycles. The first kappa shape index (κ1) is 21.9. The number of hydrogen-bond donors (Lipinski definition) is 2. The van der Waals surface area contributed by atoms with Crippen LogP contribution in [0.3, 0.4) is 0 Å². The molecule has 0 spiro atoms. The van der Waals surface area contributed by atoms with Gasteiger partial charge in [0, 0.05) is 37.3 Å². The highest BCUT2D eigenvalue weighted by Gasteiger charge is 2.32. The van der Waals surface area contributed by atoms with Crippen LogP contribution in [0.5, 0.6) is 11.8 Å². The fraction of sp³-hybridized carbons (Fsp3) is 0.364. The van der Waals surface area contributed by atoms with Crippen molar-refractivity contribution in [1.29, 1.82) is 0 Å². The minimum Gasteiger partial charge on any atom is -0.475 e. The summed E-state index contributed by atoms with van der Waals surface area (Å²) in [6, 6.07) is 3.41. The molecular formula is C22H23F2N7O3. The van der Waals surface area contributed by atoms with Crippen LogP contribution in [-0.4, -0.2) is 54.7 Å². The number of ether oxygens (including phenoxy) is 2. The number of carbonyl (C=O) groups is 1. The lowest BCUT2D eigenvalue weighted by Crippen LogP contribution is -2.44. The first-order valence-corrected chi connectivity index (χ1v) is 10.8. The number of carbonyl (C=O) groups excluding carboxylic acids is 1. The van der Waals surface area contributed by atoms with Gasteiger partial charge in [-0.1, -0.05) is 6.92 Å². The molecule has 4 aromatic rings. The number of halogens is 2. The minimum absolute atomic E-state index is 0.146. The number of alkyl halides is 2. The van der Waals surface area contributed by atoms with E-state index in [9.17, 15) is 13.6 Å². The van der Waals surface area contributed by atoms with Crippen molar-refractivity contribution in [3.05, 3.63) is 30.2 Å². The van der Waals surface area contributed by atoms with E-state index in [2.05, 4.69) is 20.4 Å². The number of aromatic amines is 1. The van der Waals surface area contributed by atoms with Crippen molar-refractivity contribution < 1.29 is 23.0 Å². The smallest absolute Gasteiger partial charge is 0.388 e. The maximum atomic E-state index is 13.2. The van der Waals surface area contributed by atoms with E-state index in [1.807, 2.05) is 13.0 Å². The van der Waals surface area contributed by atoms with Gasteiger partial charge in [-0.2, -0.15) is 13.9 Å². The van der Waals surface area contributed by atoms with Crippen LogP contribution in [0.4, 0.5) is 8.78 Å². The largest absolute Gasteiger partial charge is 0.475 e.